The minimum absolute atomic E-state index is 0.147. The number of rotatable bonds is 6. The van der Waals surface area contributed by atoms with Gasteiger partial charge in [0.1, 0.15) is 5.82 Å². The fourth-order valence-electron chi connectivity index (χ4n) is 3.32. The fourth-order valence-corrected chi connectivity index (χ4v) is 5.20. The van der Waals surface area contributed by atoms with Crippen LogP contribution in [-0.2, 0) is 16.6 Å². The van der Waals surface area contributed by atoms with Gasteiger partial charge in [0, 0.05) is 30.7 Å². The molecule has 3 rings (SSSR count). The zero-order valence-corrected chi connectivity index (χ0v) is 15.5. The first kappa shape index (κ1) is 18.1. The molecule has 0 bridgehead atoms. The summed E-state index contributed by atoms with van der Waals surface area (Å²) >= 11 is 6.09. The van der Waals surface area contributed by atoms with Crippen LogP contribution < -0.4 is 0 Å². The van der Waals surface area contributed by atoms with E-state index in [-0.39, 0.29) is 11.1 Å². The van der Waals surface area contributed by atoms with E-state index in [4.69, 9.17) is 11.6 Å². The smallest absolute Gasteiger partial charge is 0.216 e. The SMILES string of the molecule is CN(CC1CCN(Cc2c(F)cccc2Cl)CC1)S(=O)(=O)C1CC1. The van der Waals surface area contributed by atoms with E-state index in [1.54, 1.807) is 23.5 Å². The summed E-state index contributed by atoms with van der Waals surface area (Å²) in [7, 11) is -1.39. The Morgan fingerprint density at radius 3 is 2.50 bits per heavy atom. The highest BCUT2D eigenvalue weighted by molar-refractivity contribution is 7.90. The number of hydrogen-bond acceptors (Lipinski definition) is 3. The maximum atomic E-state index is 13.9. The average molecular weight is 375 g/mol. The summed E-state index contributed by atoms with van der Waals surface area (Å²) in [5, 5.41) is 0.318. The average Bonchev–Trinajstić information content (AvgIpc) is 3.38. The summed E-state index contributed by atoms with van der Waals surface area (Å²) in [6, 6.07) is 4.76. The number of benzene rings is 1. The maximum Gasteiger partial charge on any atom is 0.216 e. The second-order valence-electron chi connectivity index (χ2n) is 6.94. The summed E-state index contributed by atoms with van der Waals surface area (Å²) in [5.41, 5.74) is 0.547. The van der Waals surface area contributed by atoms with Gasteiger partial charge in [-0.1, -0.05) is 17.7 Å². The van der Waals surface area contributed by atoms with Crippen molar-refractivity contribution in [3.05, 3.63) is 34.6 Å². The number of sulfonamides is 1. The third-order valence-electron chi connectivity index (χ3n) is 5.05. The molecular weight excluding hydrogens is 351 g/mol. The van der Waals surface area contributed by atoms with Crippen LogP contribution in [0.5, 0.6) is 0 Å². The van der Waals surface area contributed by atoms with Gasteiger partial charge in [-0.2, -0.15) is 0 Å². The summed E-state index contributed by atoms with van der Waals surface area (Å²) in [4.78, 5) is 2.19. The van der Waals surface area contributed by atoms with E-state index in [1.807, 2.05) is 0 Å². The molecule has 134 valence electrons. The van der Waals surface area contributed by atoms with Gasteiger partial charge in [-0.3, -0.25) is 4.90 Å². The zero-order valence-electron chi connectivity index (χ0n) is 13.9. The molecule has 2 fully saturated rings. The first-order valence-corrected chi connectivity index (χ1v) is 10.4. The second kappa shape index (κ2) is 7.28. The van der Waals surface area contributed by atoms with Gasteiger partial charge in [-0.15, -0.1) is 0 Å². The number of piperidine rings is 1. The quantitative estimate of drug-likeness (QED) is 0.768. The molecule has 2 aliphatic rings. The van der Waals surface area contributed by atoms with Gasteiger partial charge in [0.25, 0.3) is 0 Å². The zero-order chi connectivity index (χ0) is 17.3. The van der Waals surface area contributed by atoms with E-state index in [1.165, 1.54) is 6.07 Å². The highest BCUT2D eigenvalue weighted by Crippen LogP contribution is 2.31. The molecule has 1 aliphatic carbocycles. The minimum atomic E-state index is -3.09. The highest BCUT2D eigenvalue weighted by atomic mass is 35.5. The largest absolute Gasteiger partial charge is 0.299 e. The molecule has 1 aromatic rings. The van der Waals surface area contributed by atoms with Crippen molar-refractivity contribution in [2.45, 2.75) is 37.5 Å². The van der Waals surface area contributed by atoms with Crippen LogP contribution in [0.25, 0.3) is 0 Å². The monoisotopic (exact) mass is 374 g/mol. The lowest BCUT2D eigenvalue weighted by molar-refractivity contribution is 0.164. The maximum absolute atomic E-state index is 13.9. The first-order valence-electron chi connectivity index (χ1n) is 8.48. The van der Waals surface area contributed by atoms with Crippen LogP contribution in [0.15, 0.2) is 18.2 Å². The van der Waals surface area contributed by atoms with E-state index < -0.39 is 10.0 Å². The molecule has 1 saturated heterocycles. The van der Waals surface area contributed by atoms with E-state index >= 15 is 0 Å². The number of nitrogens with zero attached hydrogens (tertiary/aromatic N) is 2. The molecule has 7 heteroatoms. The van der Waals surface area contributed by atoms with Crippen molar-refractivity contribution in [2.75, 3.05) is 26.7 Å². The van der Waals surface area contributed by atoms with E-state index in [0.29, 0.717) is 29.6 Å². The van der Waals surface area contributed by atoms with Crippen LogP contribution in [0.1, 0.15) is 31.2 Å². The molecule has 0 amide bonds. The van der Waals surface area contributed by atoms with Gasteiger partial charge in [0.15, 0.2) is 0 Å². The third kappa shape index (κ3) is 4.10. The normalized spacial score (nSPS) is 20.7. The standard InChI is InChI=1S/C17H24ClFN2O2S/c1-20(24(22,23)14-5-6-14)11-13-7-9-21(10-8-13)12-15-16(18)3-2-4-17(15)19/h2-4,13-14H,5-12H2,1H3. The molecule has 0 radical (unpaired) electrons. The molecule has 1 aliphatic heterocycles. The topological polar surface area (TPSA) is 40.6 Å². The lowest BCUT2D eigenvalue weighted by Gasteiger charge is -2.33. The van der Waals surface area contributed by atoms with Gasteiger partial charge in [-0.25, -0.2) is 17.1 Å². The molecule has 1 heterocycles. The molecule has 0 N–H and O–H groups in total. The van der Waals surface area contributed by atoms with Crippen LogP contribution in [0.4, 0.5) is 4.39 Å². The Labute approximate surface area is 148 Å². The fraction of sp³-hybridized carbons (Fsp3) is 0.647. The molecule has 0 spiro atoms. The molecule has 4 nitrogen and oxygen atoms in total. The van der Waals surface area contributed by atoms with Gasteiger partial charge in [-0.05, 0) is 56.8 Å². The molecule has 0 unspecified atom stereocenters. The van der Waals surface area contributed by atoms with Crippen molar-refractivity contribution >= 4 is 21.6 Å². The van der Waals surface area contributed by atoms with Crippen LogP contribution in [0.3, 0.4) is 0 Å². The Kier molecular flexibility index (Phi) is 5.49. The predicted molar refractivity (Wildman–Crippen MR) is 94.0 cm³/mol. The van der Waals surface area contributed by atoms with E-state index in [0.717, 1.165) is 38.8 Å². The van der Waals surface area contributed by atoms with Crippen LogP contribution in [-0.4, -0.2) is 49.6 Å². The number of hydrogen-bond donors (Lipinski definition) is 0. The summed E-state index contributed by atoms with van der Waals surface area (Å²) in [6.07, 6.45) is 3.45. The summed E-state index contributed by atoms with van der Waals surface area (Å²) in [6.45, 7) is 2.78. The molecule has 24 heavy (non-hydrogen) atoms. The Morgan fingerprint density at radius 2 is 1.92 bits per heavy atom. The second-order valence-corrected chi connectivity index (χ2v) is 9.67. The number of halogens is 2. The third-order valence-corrected chi connectivity index (χ3v) is 7.73. The Hall–Kier alpha value is -0.690. The summed E-state index contributed by atoms with van der Waals surface area (Å²) in [5.74, 6) is 0.107. The van der Waals surface area contributed by atoms with E-state index in [2.05, 4.69) is 4.90 Å². The molecule has 1 saturated carbocycles. The molecule has 1 aromatic carbocycles. The van der Waals surface area contributed by atoms with Crippen LogP contribution in [0, 0.1) is 11.7 Å². The van der Waals surface area contributed by atoms with E-state index in [9.17, 15) is 12.8 Å². The summed E-state index contributed by atoms with van der Waals surface area (Å²) < 4.78 is 39.8. The van der Waals surface area contributed by atoms with Crippen molar-refractivity contribution < 1.29 is 12.8 Å². The predicted octanol–water partition coefficient (Wildman–Crippen LogP) is 3.12. The molecule has 0 atom stereocenters. The lowest BCUT2D eigenvalue weighted by Crippen LogP contribution is -2.40. The molecular formula is C17H24ClFN2O2S. The first-order chi connectivity index (χ1) is 11.4. The van der Waals surface area contributed by atoms with Crippen molar-refractivity contribution in [1.29, 1.82) is 0 Å². The van der Waals surface area contributed by atoms with Crippen molar-refractivity contribution in [3.63, 3.8) is 0 Å². The van der Waals surface area contributed by atoms with Gasteiger partial charge in [0.2, 0.25) is 10.0 Å². The lowest BCUT2D eigenvalue weighted by atomic mass is 9.96. The van der Waals surface area contributed by atoms with Gasteiger partial charge in [0.05, 0.1) is 5.25 Å². The molecule has 0 aromatic heterocycles. The Morgan fingerprint density at radius 1 is 1.25 bits per heavy atom. The Balaban J connectivity index is 1.51. The van der Waals surface area contributed by atoms with Gasteiger partial charge < -0.3 is 0 Å². The highest BCUT2D eigenvalue weighted by Gasteiger charge is 2.39. The minimum Gasteiger partial charge on any atom is -0.299 e. The van der Waals surface area contributed by atoms with Crippen molar-refractivity contribution in [1.82, 2.24) is 9.21 Å². The van der Waals surface area contributed by atoms with Crippen LogP contribution in [0.2, 0.25) is 5.02 Å². The van der Waals surface area contributed by atoms with Crippen molar-refractivity contribution in [2.24, 2.45) is 5.92 Å². The van der Waals surface area contributed by atoms with Gasteiger partial charge >= 0.3 is 0 Å². The number of likely N-dealkylation sites (tertiary alicyclic amines) is 1. The Bertz CT molecular complexity index is 666. The van der Waals surface area contributed by atoms with Crippen LogP contribution >= 0.6 is 11.6 Å². The van der Waals surface area contributed by atoms with Crippen molar-refractivity contribution in [3.8, 4) is 0 Å².